The second-order valence-corrected chi connectivity index (χ2v) is 13.6. The lowest BCUT2D eigenvalue weighted by Crippen LogP contribution is -2.53. The summed E-state index contributed by atoms with van der Waals surface area (Å²) in [4.78, 5) is 0. The summed E-state index contributed by atoms with van der Waals surface area (Å²) >= 11 is 0. The van der Waals surface area contributed by atoms with Crippen LogP contribution < -0.4 is 0 Å². The van der Waals surface area contributed by atoms with E-state index >= 15 is 0 Å². The van der Waals surface area contributed by atoms with Crippen molar-refractivity contribution in [1.29, 1.82) is 0 Å². The highest BCUT2D eigenvalue weighted by molar-refractivity contribution is 5.09. The van der Waals surface area contributed by atoms with Gasteiger partial charge in [-0.15, -0.1) is 0 Å². The molecule has 0 spiro atoms. The third kappa shape index (κ3) is 7.07. The molecule has 4 saturated carbocycles. The lowest BCUT2D eigenvalue weighted by atomic mass is 9.44. The van der Waals surface area contributed by atoms with Crippen LogP contribution in [0.25, 0.3) is 0 Å². The van der Waals surface area contributed by atoms with Crippen LogP contribution in [-0.2, 0) is 0 Å². The molecule has 0 saturated heterocycles. The van der Waals surface area contributed by atoms with Crippen molar-refractivity contribution in [2.45, 2.75) is 146 Å². The van der Waals surface area contributed by atoms with Crippen molar-refractivity contribution in [3.05, 3.63) is 0 Å². The number of hydrogen-bond donors (Lipinski definition) is 1. The first-order valence-electron chi connectivity index (χ1n) is 15.8. The van der Waals surface area contributed by atoms with Crippen LogP contribution in [0.2, 0.25) is 0 Å². The highest BCUT2D eigenvalue weighted by Crippen LogP contribution is 2.68. The van der Waals surface area contributed by atoms with Crippen LogP contribution in [-0.4, -0.2) is 17.2 Å². The minimum Gasteiger partial charge on any atom is -0.412 e. The molecule has 3 N–H and O–H groups in total. The third-order valence-electron chi connectivity index (χ3n) is 11.6. The van der Waals surface area contributed by atoms with Crippen LogP contribution in [0.1, 0.15) is 149 Å². The first kappa shape index (κ1) is 32.9. The summed E-state index contributed by atoms with van der Waals surface area (Å²) in [6.07, 6.45) is 19.8. The Bertz CT molecular complexity index is 585. The molecule has 0 aromatic carbocycles. The Morgan fingerprint density at radius 3 is 2.03 bits per heavy atom. The van der Waals surface area contributed by atoms with Crippen molar-refractivity contribution in [3.63, 3.8) is 0 Å². The van der Waals surface area contributed by atoms with E-state index in [4.69, 9.17) is 5.11 Å². The lowest BCUT2D eigenvalue weighted by Gasteiger charge is -2.61. The van der Waals surface area contributed by atoms with Crippen molar-refractivity contribution < 1.29 is 13.4 Å². The Labute approximate surface area is 224 Å². The van der Waals surface area contributed by atoms with Gasteiger partial charge in [-0.3, -0.25) is 0 Å². The molecule has 2 heteroatoms. The Balaban J connectivity index is 0. The van der Waals surface area contributed by atoms with Crippen LogP contribution in [0.5, 0.6) is 0 Å². The monoisotopic (exact) mass is 499 g/mol. The molecule has 2 unspecified atom stereocenters. The summed E-state index contributed by atoms with van der Waals surface area (Å²) in [5.41, 5.74) is 1.36. The fraction of sp³-hybridized carbons (Fsp3) is 1.00. The van der Waals surface area contributed by atoms with Gasteiger partial charge >= 0.3 is 0 Å². The SMILES string of the molecule is CC.CCO.CC[C@H]1CC[C@@]2(C)[C@H](CC[C@H]3C4CCC([C@H](C)CCCC(C)C)[C@@]4(C)CC[C@@H]32)C1.O.[HH].[HH]. The summed E-state index contributed by atoms with van der Waals surface area (Å²) in [7, 11) is 0. The highest BCUT2D eigenvalue weighted by atomic mass is 16.2. The molecule has 0 aliphatic heterocycles. The van der Waals surface area contributed by atoms with E-state index in [2.05, 4.69) is 41.5 Å². The fourth-order valence-electron chi connectivity index (χ4n) is 9.74. The van der Waals surface area contributed by atoms with Gasteiger partial charge in [-0.2, -0.15) is 0 Å². The van der Waals surface area contributed by atoms with E-state index in [1.807, 2.05) is 13.8 Å². The molecule has 2 nitrogen and oxygen atoms in total. The zero-order chi connectivity index (χ0) is 25.5. The maximum Gasteiger partial charge on any atom is 0.0402 e. The molecule has 9 atom stereocenters. The predicted molar refractivity (Wildman–Crippen MR) is 159 cm³/mol. The van der Waals surface area contributed by atoms with Crippen molar-refractivity contribution in [2.75, 3.05) is 6.61 Å². The van der Waals surface area contributed by atoms with Crippen LogP contribution in [0.4, 0.5) is 0 Å². The van der Waals surface area contributed by atoms with E-state index in [9.17, 15) is 0 Å². The normalized spacial score (nSPS) is 40.5. The van der Waals surface area contributed by atoms with Crippen molar-refractivity contribution in [2.24, 2.45) is 58.2 Å². The fourth-order valence-corrected chi connectivity index (χ4v) is 9.74. The molecule has 4 fully saturated rings. The molecule has 35 heavy (non-hydrogen) atoms. The second-order valence-electron chi connectivity index (χ2n) is 13.6. The largest absolute Gasteiger partial charge is 0.412 e. The molecule has 0 bridgehead atoms. The van der Waals surface area contributed by atoms with Gasteiger partial charge in [0, 0.05) is 9.46 Å². The number of aliphatic hydroxyl groups excluding tert-OH is 1. The number of aliphatic hydroxyl groups is 1. The Kier molecular flexibility index (Phi) is 13.9. The zero-order valence-corrected chi connectivity index (χ0v) is 25.5. The Morgan fingerprint density at radius 2 is 1.43 bits per heavy atom. The molecule has 4 aliphatic carbocycles. The molecular formula is C33H70O2. The molecule has 0 aromatic rings. The molecule has 0 heterocycles. The van der Waals surface area contributed by atoms with E-state index in [1.54, 1.807) is 58.3 Å². The van der Waals surface area contributed by atoms with Gasteiger partial charge in [0.1, 0.15) is 0 Å². The number of fused-ring (bicyclic) bond motifs is 5. The summed E-state index contributed by atoms with van der Waals surface area (Å²) in [6.45, 7) is 21.3. The van der Waals surface area contributed by atoms with E-state index in [1.165, 1.54) is 32.1 Å². The Hall–Kier alpha value is -0.0800. The summed E-state index contributed by atoms with van der Waals surface area (Å²) in [5, 5.41) is 7.57. The van der Waals surface area contributed by atoms with Crippen LogP contribution in [0.15, 0.2) is 0 Å². The van der Waals surface area contributed by atoms with E-state index in [0.717, 1.165) is 47.3 Å². The maximum absolute atomic E-state index is 7.57. The minimum atomic E-state index is 0. The molecule has 0 radical (unpaired) electrons. The number of rotatable bonds is 6. The van der Waals surface area contributed by atoms with Gasteiger partial charge in [-0.25, -0.2) is 0 Å². The molecule has 214 valence electrons. The van der Waals surface area contributed by atoms with Crippen LogP contribution >= 0.6 is 0 Å². The van der Waals surface area contributed by atoms with Gasteiger partial charge in [0.25, 0.3) is 0 Å². The van der Waals surface area contributed by atoms with E-state index in [0.29, 0.717) is 10.8 Å². The van der Waals surface area contributed by atoms with Gasteiger partial charge in [-0.05, 0) is 123 Å². The molecule has 4 rings (SSSR count). The quantitative estimate of drug-likeness (QED) is 0.389. The molecule has 0 amide bonds. The predicted octanol–water partition coefficient (Wildman–Crippen LogP) is 9.83. The van der Waals surface area contributed by atoms with Crippen molar-refractivity contribution in [1.82, 2.24) is 0 Å². The molecular weight excluding hydrogens is 428 g/mol. The standard InChI is InChI=1S/C29H52.C2H6O.C2H6.H2O.2H2/c1-7-22-15-17-28(5)23(19-22)11-12-24-26-14-13-25(21(4)10-8-9-20(2)3)29(26,6)18-16-27(24)28;1-2-3;1-2;;;/h20-27H,7-19H2,1-6H3;3H,2H2,1H3;1-2H3;1H2;2*1H/t21-,22+,23-,24+,25?,26?,27+,28+,29-;;;;;/m1...../s1. The first-order valence-corrected chi connectivity index (χ1v) is 15.8. The minimum absolute atomic E-state index is 0. The van der Waals surface area contributed by atoms with Crippen molar-refractivity contribution >= 4 is 0 Å². The molecule has 0 aromatic heterocycles. The van der Waals surface area contributed by atoms with Gasteiger partial charge in [-0.1, -0.05) is 81.1 Å². The lowest BCUT2D eigenvalue weighted by molar-refractivity contribution is -0.121. The second kappa shape index (κ2) is 14.8. The maximum atomic E-state index is 7.57. The van der Waals surface area contributed by atoms with Gasteiger partial charge in [0.15, 0.2) is 0 Å². The third-order valence-corrected chi connectivity index (χ3v) is 11.6. The average Bonchev–Trinajstić information content (AvgIpc) is 3.17. The first-order chi connectivity index (χ1) is 16.2. The summed E-state index contributed by atoms with van der Waals surface area (Å²) in [6, 6.07) is 0. The van der Waals surface area contributed by atoms with Crippen molar-refractivity contribution in [3.8, 4) is 0 Å². The number of hydrogen-bond acceptors (Lipinski definition) is 1. The smallest absolute Gasteiger partial charge is 0.0402 e. The molecule has 4 aliphatic rings. The van der Waals surface area contributed by atoms with E-state index in [-0.39, 0.29) is 14.9 Å². The summed E-state index contributed by atoms with van der Waals surface area (Å²) < 4.78 is 0. The average molecular weight is 499 g/mol. The van der Waals surface area contributed by atoms with E-state index < -0.39 is 0 Å². The topological polar surface area (TPSA) is 51.7 Å². The zero-order valence-electron chi connectivity index (χ0n) is 25.5. The Morgan fingerprint density at radius 1 is 0.829 bits per heavy atom. The van der Waals surface area contributed by atoms with Gasteiger partial charge in [0.2, 0.25) is 0 Å². The highest BCUT2D eigenvalue weighted by Gasteiger charge is 2.60. The van der Waals surface area contributed by atoms with Gasteiger partial charge in [0.05, 0.1) is 0 Å². The van der Waals surface area contributed by atoms with Crippen LogP contribution in [0, 0.1) is 58.2 Å². The van der Waals surface area contributed by atoms with Crippen LogP contribution in [0.3, 0.4) is 0 Å². The van der Waals surface area contributed by atoms with Gasteiger partial charge < -0.3 is 10.6 Å². The summed E-state index contributed by atoms with van der Waals surface area (Å²) in [5.74, 6) is 8.13.